The van der Waals surface area contributed by atoms with E-state index in [1.807, 2.05) is 12.1 Å². The first-order valence-electron chi connectivity index (χ1n) is 5.20. The molecule has 2 rings (SSSR count). The lowest BCUT2D eigenvalue weighted by Gasteiger charge is -2.23. The van der Waals surface area contributed by atoms with Crippen LogP contribution in [0.15, 0.2) is 22.8 Å². The van der Waals surface area contributed by atoms with E-state index < -0.39 is 0 Å². The van der Waals surface area contributed by atoms with E-state index in [1.54, 1.807) is 6.26 Å². The summed E-state index contributed by atoms with van der Waals surface area (Å²) in [4.78, 5) is 0.752. The maximum Gasteiger partial charge on any atom is 0.160 e. The van der Waals surface area contributed by atoms with Gasteiger partial charge in [0.2, 0.25) is 0 Å². The number of rotatable bonds is 2. The van der Waals surface area contributed by atoms with Gasteiger partial charge in [0.1, 0.15) is 4.99 Å². The third-order valence-electron chi connectivity index (χ3n) is 2.69. The van der Waals surface area contributed by atoms with Crippen LogP contribution < -0.4 is 5.32 Å². The Hall–Kier alpha value is -0.830. The summed E-state index contributed by atoms with van der Waals surface area (Å²) < 4.78 is 5.23. The molecule has 0 radical (unpaired) electrons. The molecule has 14 heavy (non-hydrogen) atoms. The zero-order chi connectivity index (χ0) is 9.80. The molecular weight excluding hydrogens is 194 g/mol. The lowest BCUT2D eigenvalue weighted by molar-refractivity contribution is 0.413. The van der Waals surface area contributed by atoms with Crippen molar-refractivity contribution in [3.05, 3.63) is 24.2 Å². The van der Waals surface area contributed by atoms with Crippen LogP contribution in [0.2, 0.25) is 0 Å². The molecule has 1 aliphatic rings. The number of furan rings is 1. The van der Waals surface area contributed by atoms with Crippen LogP contribution in [-0.4, -0.2) is 11.0 Å². The van der Waals surface area contributed by atoms with E-state index in [1.165, 1.54) is 32.1 Å². The van der Waals surface area contributed by atoms with Crippen molar-refractivity contribution in [2.45, 2.75) is 38.1 Å². The number of thiocarbonyl (C=S) groups is 1. The Morgan fingerprint density at radius 3 is 2.79 bits per heavy atom. The predicted octanol–water partition coefficient (Wildman–Crippen LogP) is 2.88. The maximum absolute atomic E-state index is 5.25. The van der Waals surface area contributed by atoms with Crippen LogP contribution in [0.25, 0.3) is 0 Å². The summed E-state index contributed by atoms with van der Waals surface area (Å²) in [5.41, 5.74) is 0. The molecule has 3 heteroatoms. The Balaban J connectivity index is 1.87. The third kappa shape index (κ3) is 2.35. The average molecular weight is 209 g/mol. The lowest BCUT2D eigenvalue weighted by Crippen LogP contribution is -2.35. The van der Waals surface area contributed by atoms with Crippen molar-refractivity contribution < 1.29 is 4.42 Å². The molecule has 0 aliphatic heterocycles. The summed E-state index contributed by atoms with van der Waals surface area (Å²) in [6, 6.07) is 4.32. The second kappa shape index (κ2) is 4.60. The molecule has 1 saturated carbocycles. The van der Waals surface area contributed by atoms with Crippen LogP contribution in [-0.2, 0) is 0 Å². The smallest absolute Gasteiger partial charge is 0.160 e. The lowest BCUT2D eigenvalue weighted by atomic mass is 9.95. The van der Waals surface area contributed by atoms with Crippen molar-refractivity contribution >= 4 is 17.2 Å². The summed E-state index contributed by atoms with van der Waals surface area (Å²) in [5, 5.41) is 3.36. The molecule has 1 aliphatic carbocycles. The monoisotopic (exact) mass is 209 g/mol. The number of hydrogen-bond donors (Lipinski definition) is 1. The molecule has 1 heterocycles. The van der Waals surface area contributed by atoms with Gasteiger partial charge in [-0.2, -0.15) is 0 Å². The Labute approximate surface area is 89.7 Å². The van der Waals surface area contributed by atoms with Crippen molar-refractivity contribution in [1.29, 1.82) is 0 Å². The molecule has 1 fully saturated rings. The van der Waals surface area contributed by atoms with Gasteiger partial charge in [0.25, 0.3) is 0 Å². The predicted molar refractivity (Wildman–Crippen MR) is 60.4 cm³/mol. The van der Waals surface area contributed by atoms with E-state index in [0.29, 0.717) is 6.04 Å². The van der Waals surface area contributed by atoms with E-state index in [4.69, 9.17) is 16.6 Å². The molecule has 76 valence electrons. The molecule has 0 atom stereocenters. The minimum Gasteiger partial charge on any atom is -0.462 e. The van der Waals surface area contributed by atoms with Crippen molar-refractivity contribution in [1.82, 2.24) is 5.32 Å². The first kappa shape index (κ1) is 9.71. The third-order valence-corrected chi connectivity index (χ3v) is 3.00. The fourth-order valence-corrected chi connectivity index (χ4v) is 2.19. The molecule has 0 aromatic carbocycles. The summed E-state index contributed by atoms with van der Waals surface area (Å²) in [7, 11) is 0. The molecule has 0 unspecified atom stereocenters. The van der Waals surface area contributed by atoms with Gasteiger partial charge < -0.3 is 9.73 Å². The van der Waals surface area contributed by atoms with Gasteiger partial charge in [-0.15, -0.1) is 0 Å². The molecule has 2 nitrogen and oxygen atoms in total. The molecule has 0 spiro atoms. The topological polar surface area (TPSA) is 25.2 Å². The Bertz CT molecular complexity index is 288. The normalized spacial score (nSPS) is 18.0. The summed E-state index contributed by atoms with van der Waals surface area (Å²) in [6.07, 6.45) is 8.13. The van der Waals surface area contributed by atoms with Crippen molar-refractivity contribution in [3.63, 3.8) is 0 Å². The van der Waals surface area contributed by atoms with Crippen LogP contribution >= 0.6 is 12.2 Å². The van der Waals surface area contributed by atoms with Crippen molar-refractivity contribution in [3.8, 4) is 0 Å². The van der Waals surface area contributed by atoms with E-state index >= 15 is 0 Å². The fourth-order valence-electron chi connectivity index (χ4n) is 1.91. The highest BCUT2D eigenvalue weighted by molar-refractivity contribution is 7.80. The first-order chi connectivity index (χ1) is 6.86. The zero-order valence-electron chi connectivity index (χ0n) is 8.16. The second-order valence-corrected chi connectivity index (χ2v) is 4.19. The fraction of sp³-hybridized carbons (Fsp3) is 0.545. The van der Waals surface area contributed by atoms with E-state index in [-0.39, 0.29) is 0 Å². The van der Waals surface area contributed by atoms with Gasteiger partial charge in [-0.3, -0.25) is 0 Å². The number of nitrogens with one attached hydrogen (secondary N) is 1. The average Bonchev–Trinajstić information content (AvgIpc) is 2.72. The van der Waals surface area contributed by atoms with Crippen LogP contribution in [0, 0.1) is 0 Å². The first-order valence-corrected chi connectivity index (χ1v) is 5.61. The van der Waals surface area contributed by atoms with Crippen LogP contribution in [0.1, 0.15) is 37.9 Å². The zero-order valence-corrected chi connectivity index (χ0v) is 8.98. The minimum atomic E-state index is 0.557. The van der Waals surface area contributed by atoms with E-state index in [2.05, 4.69) is 5.32 Å². The molecule has 1 N–H and O–H groups in total. The van der Waals surface area contributed by atoms with Crippen LogP contribution in [0.5, 0.6) is 0 Å². The van der Waals surface area contributed by atoms with Crippen LogP contribution in [0.3, 0.4) is 0 Å². The highest BCUT2D eigenvalue weighted by Crippen LogP contribution is 2.18. The number of hydrogen-bond acceptors (Lipinski definition) is 2. The maximum atomic E-state index is 5.25. The minimum absolute atomic E-state index is 0.557. The Kier molecular flexibility index (Phi) is 3.19. The summed E-state index contributed by atoms with van der Waals surface area (Å²) in [6.45, 7) is 0. The Morgan fingerprint density at radius 2 is 2.14 bits per heavy atom. The highest BCUT2D eigenvalue weighted by Gasteiger charge is 2.15. The quantitative estimate of drug-likeness (QED) is 0.758. The van der Waals surface area contributed by atoms with Crippen LogP contribution in [0.4, 0.5) is 0 Å². The van der Waals surface area contributed by atoms with Gasteiger partial charge in [-0.1, -0.05) is 31.5 Å². The van der Waals surface area contributed by atoms with Gasteiger partial charge in [-0.05, 0) is 25.0 Å². The van der Waals surface area contributed by atoms with E-state index in [0.717, 1.165) is 10.7 Å². The molecule has 0 saturated heterocycles. The SMILES string of the molecule is S=C(NC1CCCCC1)c1ccco1. The van der Waals surface area contributed by atoms with E-state index in [9.17, 15) is 0 Å². The van der Waals surface area contributed by atoms with Gasteiger partial charge >= 0.3 is 0 Å². The highest BCUT2D eigenvalue weighted by atomic mass is 32.1. The van der Waals surface area contributed by atoms with Gasteiger partial charge in [0.05, 0.1) is 6.26 Å². The van der Waals surface area contributed by atoms with Gasteiger partial charge in [0.15, 0.2) is 5.76 Å². The summed E-state index contributed by atoms with van der Waals surface area (Å²) in [5.74, 6) is 0.783. The molecule has 0 bridgehead atoms. The Morgan fingerprint density at radius 1 is 1.36 bits per heavy atom. The summed E-state index contributed by atoms with van der Waals surface area (Å²) >= 11 is 5.25. The largest absolute Gasteiger partial charge is 0.462 e. The van der Waals surface area contributed by atoms with Gasteiger partial charge in [0, 0.05) is 6.04 Å². The molecule has 1 aromatic rings. The van der Waals surface area contributed by atoms with Gasteiger partial charge in [-0.25, -0.2) is 0 Å². The molecule has 1 aromatic heterocycles. The van der Waals surface area contributed by atoms with Crippen molar-refractivity contribution in [2.24, 2.45) is 0 Å². The molecular formula is C11H15NOS. The second-order valence-electron chi connectivity index (χ2n) is 3.79. The molecule has 0 amide bonds. The van der Waals surface area contributed by atoms with Crippen molar-refractivity contribution in [2.75, 3.05) is 0 Å². The standard InChI is InChI=1S/C11H15NOS/c14-11(10-7-4-8-13-10)12-9-5-2-1-3-6-9/h4,7-9H,1-3,5-6H2,(H,12,14).